The molecule has 2 aromatic carbocycles. The molecule has 4 aromatic rings. The monoisotopic (exact) mass is 439 g/mol. The van der Waals surface area contributed by atoms with Gasteiger partial charge in [0.05, 0.1) is 12.4 Å². The maximum atomic E-state index is 13.2. The van der Waals surface area contributed by atoms with Gasteiger partial charge in [-0.2, -0.15) is 0 Å². The molecule has 0 aliphatic carbocycles. The van der Waals surface area contributed by atoms with Crippen molar-refractivity contribution in [2.75, 3.05) is 12.4 Å². The Morgan fingerprint density at radius 2 is 1.81 bits per heavy atom. The van der Waals surface area contributed by atoms with E-state index in [-0.39, 0.29) is 17.4 Å². The average molecular weight is 439 g/mol. The van der Waals surface area contributed by atoms with Crippen molar-refractivity contribution in [1.29, 1.82) is 0 Å². The molecule has 0 aliphatic rings. The first-order valence-electron chi connectivity index (χ1n) is 9.30. The van der Waals surface area contributed by atoms with E-state index in [1.807, 2.05) is 0 Å². The molecule has 0 radical (unpaired) electrons. The third-order valence-corrected chi connectivity index (χ3v) is 5.61. The Labute approximate surface area is 180 Å². The number of thioether (sulfide) groups is 1. The molecule has 2 heterocycles. The van der Waals surface area contributed by atoms with Crippen molar-refractivity contribution < 1.29 is 13.9 Å². The van der Waals surface area contributed by atoms with Gasteiger partial charge in [-0.15, -0.1) is 10.2 Å². The second-order valence-electron chi connectivity index (χ2n) is 6.60. The maximum Gasteiger partial charge on any atom is 0.300 e. The van der Waals surface area contributed by atoms with E-state index < -0.39 is 10.8 Å². The number of hydrogen-bond acceptors (Lipinski definition) is 6. The molecule has 4 rings (SSSR count). The molecule has 158 valence electrons. The van der Waals surface area contributed by atoms with Gasteiger partial charge in [-0.05, 0) is 55.5 Å². The molecule has 0 fully saturated rings. The van der Waals surface area contributed by atoms with E-state index >= 15 is 0 Å². The predicted octanol–water partition coefficient (Wildman–Crippen LogP) is 3.15. The minimum Gasteiger partial charge on any atom is -0.497 e. The fourth-order valence-electron chi connectivity index (χ4n) is 2.88. The number of carbonyl (C=O) groups excluding carboxylic acids is 1. The summed E-state index contributed by atoms with van der Waals surface area (Å²) in [4.78, 5) is 25.3. The third-order valence-electron chi connectivity index (χ3n) is 4.55. The molecule has 0 bridgehead atoms. The molecule has 0 spiro atoms. The van der Waals surface area contributed by atoms with Crippen molar-refractivity contribution in [3.8, 4) is 11.4 Å². The molecule has 0 aliphatic heterocycles. The first-order chi connectivity index (χ1) is 15.0. The van der Waals surface area contributed by atoms with Crippen LogP contribution in [0.15, 0.2) is 70.9 Å². The van der Waals surface area contributed by atoms with Crippen LogP contribution >= 0.6 is 11.8 Å². The second kappa shape index (κ2) is 8.60. The summed E-state index contributed by atoms with van der Waals surface area (Å²) in [5, 5.41) is 10.8. The molecule has 2 aromatic heterocycles. The lowest BCUT2D eigenvalue weighted by Crippen LogP contribution is -2.23. The van der Waals surface area contributed by atoms with Crippen LogP contribution in [0.3, 0.4) is 0 Å². The fourth-order valence-corrected chi connectivity index (χ4v) is 3.71. The van der Waals surface area contributed by atoms with Crippen LogP contribution in [0.5, 0.6) is 5.75 Å². The zero-order valence-corrected chi connectivity index (χ0v) is 17.5. The number of fused-ring (bicyclic) bond motifs is 1. The van der Waals surface area contributed by atoms with E-state index in [2.05, 4.69) is 15.5 Å². The number of nitrogens with one attached hydrogen (secondary N) is 1. The number of ether oxygens (including phenoxy) is 1. The first kappa shape index (κ1) is 20.6. The lowest BCUT2D eigenvalue weighted by Gasteiger charge is -2.11. The average Bonchev–Trinajstić information content (AvgIpc) is 3.19. The zero-order chi connectivity index (χ0) is 22.0. The van der Waals surface area contributed by atoms with Gasteiger partial charge in [0.2, 0.25) is 11.6 Å². The smallest absolute Gasteiger partial charge is 0.300 e. The highest BCUT2D eigenvalue weighted by molar-refractivity contribution is 8.00. The molecule has 31 heavy (non-hydrogen) atoms. The number of nitrogens with zero attached hydrogens (tertiary/aromatic N) is 4. The molecule has 0 saturated heterocycles. The third kappa shape index (κ3) is 4.29. The zero-order valence-electron chi connectivity index (χ0n) is 16.7. The number of benzene rings is 2. The SMILES string of the molecule is COc1ccc(NC(=O)[C@H](C)Sc2nnc3c(=O)n(-c4ccc(F)cc4)ccn23)cc1. The topological polar surface area (TPSA) is 90.5 Å². The number of carbonyl (C=O) groups is 1. The van der Waals surface area contributed by atoms with Gasteiger partial charge in [-0.3, -0.25) is 18.6 Å². The van der Waals surface area contributed by atoms with E-state index in [9.17, 15) is 14.0 Å². The Kier molecular flexibility index (Phi) is 5.72. The summed E-state index contributed by atoms with van der Waals surface area (Å²) in [6.45, 7) is 1.74. The number of halogens is 1. The van der Waals surface area contributed by atoms with Crippen molar-refractivity contribution in [2.24, 2.45) is 0 Å². The molecular formula is C21H18FN5O3S. The lowest BCUT2D eigenvalue weighted by molar-refractivity contribution is -0.115. The van der Waals surface area contributed by atoms with Gasteiger partial charge >= 0.3 is 5.56 Å². The summed E-state index contributed by atoms with van der Waals surface area (Å²) < 4.78 is 21.2. The molecule has 10 heteroatoms. The number of aromatic nitrogens is 4. The van der Waals surface area contributed by atoms with Gasteiger partial charge in [0, 0.05) is 23.8 Å². The Morgan fingerprint density at radius 1 is 1.10 bits per heavy atom. The minimum atomic E-state index is -0.492. The van der Waals surface area contributed by atoms with Crippen molar-refractivity contribution in [1.82, 2.24) is 19.2 Å². The van der Waals surface area contributed by atoms with Crippen molar-refractivity contribution in [3.63, 3.8) is 0 Å². The van der Waals surface area contributed by atoms with Crippen LogP contribution in [0, 0.1) is 5.82 Å². The van der Waals surface area contributed by atoms with Crippen LogP contribution in [0.4, 0.5) is 10.1 Å². The molecule has 8 nitrogen and oxygen atoms in total. The largest absolute Gasteiger partial charge is 0.497 e. The van der Waals surface area contributed by atoms with Gasteiger partial charge in [0.25, 0.3) is 0 Å². The Morgan fingerprint density at radius 3 is 2.48 bits per heavy atom. The van der Waals surface area contributed by atoms with Crippen LogP contribution in [-0.2, 0) is 4.79 Å². The summed E-state index contributed by atoms with van der Waals surface area (Å²) in [7, 11) is 1.57. The number of hydrogen-bond donors (Lipinski definition) is 1. The highest BCUT2D eigenvalue weighted by Crippen LogP contribution is 2.23. The van der Waals surface area contributed by atoms with Gasteiger partial charge in [-0.1, -0.05) is 11.8 Å². The van der Waals surface area contributed by atoms with Gasteiger partial charge in [0.1, 0.15) is 11.6 Å². The van der Waals surface area contributed by atoms with Crippen LogP contribution in [0.25, 0.3) is 11.3 Å². The summed E-state index contributed by atoms with van der Waals surface area (Å²) >= 11 is 1.18. The summed E-state index contributed by atoms with van der Waals surface area (Å²) in [6.07, 6.45) is 3.19. The second-order valence-corrected chi connectivity index (χ2v) is 7.91. The Hall–Kier alpha value is -3.66. The van der Waals surface area contributed by atoms with Crippen LogP contribution < -0.4 is 15.6 Å². The van der Waals surface area contributed by atoms with E-state index in [1.54, 1.807) is 50.7 Å². The normalized spacial score (nSPS) is 12.0. The van der Waals surface area contributed by atoms with Crippen LogP contribution in [0.1, 0.15) is 6.92 Å². The van der Waals surface area contributed by atoms with E-state index in [0.717, 1.165) is 0 Å². The predicted molar refractivity (Wildman–Crippen MR) is 115 cm³/mol. The maximum absolute atomic E-state index is 13.2. The Balaban J connectivity index is 1.53. The summed E-state index contributed by atoms with van der Waals surface area (Å²) in [5.41, 5.74) is 0.866. The Bertz CT molecular complexity index is 1290. The van der Waals surface area contributed by atoms with E-state index in [4.69, 9.17) is 4.74 Å². The van der Waals surface area contributed by atoms with Crippen molar-refractivity contribution in [3.05, 3.63) is 77.1 Å². The number of amides is 1. The minimum absolute atomic E-state index is 0.108. The van der Waals surface area contributed by atoms with Gasteiger partial charge < -0.3 is 10.1 Å². The standard InChI is InChI=1S/C21H18FN5O3S/c1-13(19(28)23-15-5-9-17(30-2)10-6-15)31-21-25-24-18-20(29)26(11-12-27(18)21)16-7-3-14(22)4-8-16/h3-13H,1-2H3,(H,23,28)/t13-/m0/s1. The molecule has 1 N–H and O–H groups in total. The van der Waals surface area contributed by atoms with Gasteiger partial charge in [0.15, 0.2) is 5.16 Å². The quantitative estimate of drug-likeness (QED) is 0.464. The first-order valence-corrected chi connectivity index (χ1v) is 10.2. The van der Waals surface area contributed by atoms with E-state index in [0.29, 0.717) is 22.3 Å². The molecule has 0 unspecified atom stereocenters. The number of rotatable bonds is 6. The van der Waals surface area contributed by atoms with Crippen molar-refractivity contribution >= 4 is 29.0 Å². The lowest BCUT2D eigenvalue weighted by atomic mass is 10.3. The summed E-state index contributed by atoms with van der Waals surface area (Å²) in [5.74, 6) is 0.0918. The van der Waals surface area contributed by atoms with Crippen molar-refractivity contribution in [2.45, 2.75) is 17.3 Å². The highest BCUT2D eigenvalue weighted by atomic mass is 32.2. The van der Waals surface area contributed by atoms with Crippen LogP contribution in [-0.4, -0.2) is 37.4 Å². The molecular weight excluding hydrogens is 421 g/mol. The summed E-state index contributed by atoms with van der Waals surface area (Å²) in [6, 6.07) is 12.6. The number of anilines is 1. The fraction of sp³-hybridized carbons (Fsp3) is 0.143. The number of methoxy groups -OCH3 is 1. The van der Waals surface area contributed by atoms with E-state index in [1.165, 1.54) is 45.0 Å². The molecule has 1 amide bonds. The highest BCUT2D eigenvalue weighted by Gasteiger charge is 2.19. The van der Waals surface area contributed by atoms with Crippen LogP contribution in [0.2, 0.25) is 0 Å². The molecule has 1 atom stereocenters. The molecule has 0 saturated carbocycles. The van der Waals surface area contributed by atoms with Gasteiger partial charge in [-0.25, -0.2) is 4.39 Å².